The van der Waals surface area contributed by atoms with Crippen molar-refractivity contribution in [3.8, 4) is 0 Å². The fraction of sp³-hybridized carbons (Fsp3) is 0.400. The van der Waals surface area contributed by atoms with E-state index >= 15 is 0 Å². The van der Waals surface area contributed by atoms with E-state index in [0.717, 1.165) is 11.1 Å². The molecule has 0 aliphatic rings. The van der Waals surface area contributed by atoms with Crippen molar-refractivity contribution in [2.75, 3.05) is 5.73 Å². The monoisotopic (exact) mass is 262 g/mol. The Balaban J connectivity index is 2.76. The Morgan fingerprint density at radius 1 is 1.47 bits per heavy atom. The first-order chi connectivity index (χ1) is 8.73. The molecule has 0 saturated heterocycles. The molecule has 0 saturated carbocycles. The predicted molar refractivity (Wildman–Crippen MR) is 78.7 cm³/mol. The number of rotatable bonds is 3. The van der Waals surface area contributed by atoms with Gasteiger partial charge in [-0.2, -0.15) is 0 Å². The van der Waals surface area contributed by atoms with E-state index in [1.807, 2.05) is 39.8 Å². The van der Waals surface area contributed by atoms with Crippen LogP contribution in [0.1, 0.15) is 44.9 Å². The molecule has 1 amide bonds. The number of nitrogens with two attached hydrogens (primary N) is 1. The summed E-state index contributed by atoms with van der Waals surface area (Å²) in [7, 11) is 0. The Bertz CT molecular complexity index is 476. The number of hydrogen-bond donors (Lipinski definition) is 2. The maximum absolute atomic E-state index is 11.7. The van der Waals surface area contributed by atoms with Crippen LogP contribution in [0.2, 0.25) is 0 Å². The van der Waals surface area contributed by atoms with Crippen LogP contribution in [0.3, 0.4) is 0 Å². The highest BCUT2D eigenvalue weighted by Gasteiger charge is 2.18. The molecule has 0 heterocycles. The first-order valence-electron chi connectivity index (χ1n) is 6.24. The Labute approximate surface area is 114 Å². The first-order valence-corrected chi connectivity index (χ1v) is 6.24. The van der Waals surface area contributed by atoms with E-state index in [1.165, 1.54) is 0 Å². The van der Waals surface area contributed by atoms with E-state index in [1.54, 1.807) is 12.1 Å². The van der Waals surface area contributed by atoms with Crippen LogP contribution in [-0.4, -0.2) is 11.7 Å². The zero-order valence-electron chi connectivity index (χ0n) is 12.0. The molecule has 1 aromatic rings. The van der Waals surface area contributed by atoms with Crippen LogP contribution in [0.5, 0.6) is 0 Å². The molecule has 0 spiro atoms. The highest BCUT2D eigenvalue weighted by molar-refractivity contribution is 5.69. The quantitative estimate of drug-likeness (QED) is 0.819. The second kappa shape index (κ2) is 5.78. The molecular weight excluding hydrogens is 240 g/mol. The zero-order valence-corrected chi connectivity index (χ0v) is 12.0. The van der Waals surface area contributed by atoms with Crippen LogP contribution in [0.15, 0.2) is 24.8 Å². The van der Waals surface area contributed by atoms with Gasteiger partial charge in [0.05, 0.1) is 6.04 Å². The average molecular weight is 262 g/mol. The maximum atomic E-state index is 11.7. The van der Waals surface area contributed by atoms with Gasteiger partial charge < -0.3 is 15.8 Å². The molecule has 104 valence electrons. The molecule has 1 atom stereocenters. The van der Waals surface area contributed by atoms with Crippen molar-refractivity contribution >= 4 is 17.9 Å². The van der Waals surface area contributed by atoms with Crippen LogP contribution in [0.25, 0.3) is 6.08 Å². The molecule has 19 heavy (non-hydrogen) atoms. The van der Waals surface area contributed by atoms with Gasteiger partial charge in [0.1, 0.15) is 5.60 Å². The summed E-state index contributed by atoms with van der Waals surface area (Å²) in [5.74, 6) is 0. The van der Waals surface area contributed by atoms with Gasteiger partial charge in [0, 0.05) is 5.69 Å². The Kier molecular flexibility index (Phi) is 4.59. The van der Waals surface area contributed by atoms with E-state index in [0.29, 0.717) is 5.69 Å². The van der Waals surface area contributed by atoms with Gasteiger partial charge in [-0.3, -0.25) is 0 Å². The molecular formula is C15H22N2O2. The van der Waals surface area contributed by atoms with Gasteiger partial charge >= 0.3 is 6.09 Å². The Morgan fingerprint density at radius 2 is 2.11 bits per heavy atom. The third-order valence-corrected chi connectivity index (χ3v) is 2.56. The van der Waals surface area contributed by atoms with E-state index in [2.05, 4.69) is 11.9 Å². The summed E-state index contributed by atoms with van der Waals surface area (Å²) in [5.41, 5.74) is 7.78. The van der Waals surface area contributed by atoms with Gasteiger partial charge in [-0.1, -0.05) is 18.7 Å². The van der Waals surface area contributed by atoms with Gasteiger partial charge in [-0.25, -0.2) is 4.79 Å². The molecule has 0 radical (unpaired) electrons. The number of carbonyl (C=O) groups is 1. The second-order valence-electron chi connectivity index (χ2n) is 5.46. The van der Waals surface area contributed by atoms with Crippen molar-refractivity contribution in [1.29, 1.82) is 0 Å². The molecule has 0 bridgehead atoms. The second-order valence-corrected chi connectivity index (χ2v) is 5.46. The van der Waals surface area contributed by atoms with Crippen molar-refractivity contribution in [3.05, 3.63) is 35.9 Å². The molecule has 0 aliphatic heterocycles. The summed E-state index contributed by atoms with van der Waals surface area (Å²) in [6, 6.07) is 5.43. The summed E-state index contributed by atoms with van der Waals surface area (Å²) in [5, 5.41) is 2.79. The number of benzene rings is 1. The van der Waals surface area contributed by atoms with Crippen molar-refractivity contribution in [3.63, 3.8) is 0 Å². The van der Waals surface area contributed by atoms with E-state index in [-0.39, 0.29) is 6.04 Å². The van der Waals surface area contributed by atoms with Gasteiger partial charge in [0.15, 0.2) is 0 Å². The highest BCUT2D eigenvalue weighted by atomic mass is 16.6. The minimum Gasteiger partial charge on any atom is -0.444 e. The van der Waals surface area contributed by atoms with Crippen LogP contribution in [-0.2, 0) is 4.74 Å². The van der Waals surface area contributed by atoms with Crippen molar-refractivity contribution in [1.82, 2.24) is 5.32 Å². The smallest absolute Gasteiger partial charge is 0.408 e. The van der Waals surface area contributed by atoms with Gasteiger partial charge in [-0.05, 0) is 51.0 Å². The van der Waals surface area contributed by atoms with Crippen LogP contribution >= 0.6 is 0 Å². The average Bonchev–Trinajstić information content (AvgIpc) is 2.26. The number of amides is 1. The van der Waals surface area contributed by atoms with Crippen molar-refractivity contribution < 1.29 is 9.53 Å². The lowest BCUT2D eigenvalue weighted by Crippen LogP contribution is -2.34. The SMILES string of the molecule is C=Cc1cc(C(C)NC(=O)OC(C)(C)C)ccc1N. The lowest BCUT2D eigenvalue weighted by atomic mass is 10.0. The molecule has 1 rings (SSSR count). The molecule has 4 heteroatoms. The first kappa shape index (κ1) is 15.1. The summed E-state index contributed by atoms with van der Waals surface area (Å²) >= 11 is 0. The Hall–Kier alpha value is -1.97. The number of hydrogen-bond acceptors (Lipinski definition) is 3. The topological polar surface area (TPSA) is 64.3 Å². The molecule has 0 aromatic heterocycles. The van der Waals surface area contributed by atoms with Gasteiger partial charge in [0.25, 0.3) is 0 Å². The fourth-order valence-corrected chi connectivity index (χ4v) is 1.61. The summed E-state index contributed by atoms with van der Waals surface area (Å²) in [6.07, 6.45) is 1.26. The summed E-state index contributed by atoms with van der Waals surface area (Å²) in [4.78, 5) is 11.7. The van der Waals surface area contributed by atoms with E-state index in [4.69, 9.17) is 10.5 Å². The third kappa shape index (κ3) is 4.66. The fourth-order valence-electron chi connectivity index (χ4n) is 1.61. The normalized spacial score (nSPS) is 12.6. The largest absolute Gasteiger partial charge is 0.444 e. The number of nitrogen functional groups attached to an aromatic ring is 1. The molecule has 1 aromatic carbocycles. The predicted octanol–water partition coefficient (Wildman–Crippen LogP) is 3.50. The van der Waals surface area contributed by atoms with Gasteiger partial charge in [0.2, 0.25) is 0 Å². The maximum Gasteiger partial charge on any atom is 0.408 e. The number of carbonyl (C=O) groups excluding carboxylic acids is 1. The van der Waals surface area contributed by atoms with Gasteiger partial charge in [-0.15, -0.1) is 0 Å². The summed E-state index contributed by atoms with van der Waals surface area (Å²) in [6.45, 7) is 11.1. The molecule has 0 fully saturated rings. The lowest BCUT2D eigenvalue weighted by Gasteiger charge is -2.22. The standard InChI is InChI=1S/C15H22N2O2/c1-6-11-9-12(7-8-13(11)16)10(2)17-14(18)19-15(3,4)5/h6-10H,1,16H2,2-5H3,(H,17,18). The van der Waals surface area contributed by atoms with Crippen molar-refractivity contribution in [2.45, 2.75) is 39.3 Å². The Morgan fingerprint density at radius 3 is 2.63 bits per heavy atom. The highest BCUT2D eigenvalue weighted by Crippen LogP contribution is 2.20. The number of nitrogens with one attached hydrogen (secondary N) is 1. The zero-order chi connectivity index (χ0) is 14.6. The molecule has 0 aliphatic carbocycles. The minimum atomic E-state index is -0.503. The van der Waals surface area contributed by atoms with E-state index < -0.39 is 11.7 Å². The summed E-state index contributed by atoms with van der Waals surface area (Å²) < 4.78 is 5.22. The third-order valence-electron chi connectivity index (χ3n) is 2.56. The van der Waals surface area contributed by atoms with E-state index in [9.17, 15) is 4.79 Å². The molecule has 3 N–H and O–H groups in total. The molecule has 4 nitrogen and oxygen atoms in total. The van der Waals surface area contributed by atoms with Crippen LogP contribution in [0.4, 0.5) is 10.5 Å². The number of anilines is 1. The van der Waals surface area contributed by atoms with Crippen LogP contribution < -0.4 is 11.1 Å². The molecule has 1 unspecified atom stereocenters. The van der Waals surface area contributed by atoms with Crippen LogP contribution in [0, 0.1) is 0 Å². The van der Waals surface area contributed by atoms with Crippen molar-refractivity contribution in [2.24, 2.45) is 0 Å². The number of alkyl carbamates (subject to hydrolysis) is 1. The lowest BCUT2D eigenvalue weighted by molar-refractivity contribution is 0.0508. The number of ether oxygens (including phenoxy) is 1. The minimum absolute atomic E-state index is 0.158.